The number of aryl methyl sites for hydroxylation is 2. The lowest BCUT2D eigenvalue weighted by Gasteiger charge is -2.26. The molecule has 2 saturated carbocycles. The molecule has 3 rings (SSSR count). The lowest BCUT2D eigenvalue weighted by molar-refractivity contribution is 0.319. The number of benzene rings is 1. The van der Waals surface area contributed by atoms with Gasteiger partial charge in [-0.3, -0.25) is 0 Å². The number of fused-ring (bicyclic) bond motifs is 2. The van der Waals surface area contributed by atoms with E-state index < -0.39 is 0 Å². The summed E-state index contributed by atoms with van der Waals surface area (Å²) in [6, 6.07) is 6.80. The van der Waals surface area contributed by atoms with E-state index >= 15 is 0 Å². The summed E-state index contributed by atoms with van der Waals surface area (Å²) < 4.78 is 0. The fraction of sp³-hybridized carbons (Fsp3) is 0.647. The highest BCUT2D eigenvalue weighted by atomic mass is 35.5. The molecule has 0 nitrogen and oxygen atoms in total. The van der Waals surface area contributed by atoms with Crippen LogP contribution in [0.15, 0.2) is 18.2 Å². The van der Waals surface area contributed by atoms with Crippen LogP contribution >= 0.6 is 11.6 Å². The van der Waals surface area contributed by atoms with E-state index in [2.05, 4.69) is 32.0 Å². The van der Waals surface area contributed by atoms with E-state index in [1.165, 1.54) is 42.4 Å². The molecule has 0 amide bonds. The second-order valence-electron chi connectivity index (χ2n) is 6.48. The predicted octanol–water partition coefficient (Wildman–Crippen LogP) is 4.89. The predicted molar refractivity (Wildman–Crippen MR) is 78.2 cm³/mol. The third-order valence-corrected chi connectivity index (χ3v) is 5.74. The number of hydrogen-bond donors (Lipinski definition) is 0. The average Bonchev–Trinajstić information content (AvgIpc) is 2.96. The van der Waals surface area contributed by atoms with Crippen molar-refractivity contribution >= 4 is 11.6 Å². The van der Waals surface area contributed by atoms with Crippen LogP contribution in [0.25, 0.3) is 0 Å². The van der Waals surface area contributed by atoms with E-state index in [0.29, 0.717) is 5.38 Å². The highest BCUT2D eigenvalue weighted by Crippen LogP contribution is 2.50. The molecule has 0 heterocycles. The first-order valence-corrected chi connectivity index (χ1v) is 7.77. The second kappa shape index (κ2) is 4.89. The monoisotopic (exact) mass is 262 g/mol. The Labute approximate surface area is 116 Å². The molecule has 2 bridgehead atoms. The standard InChI is InChI=1S/C17H23Cl/c1-11-3-4-13(7-12(11)2)10-17(18)16-9-14-5-6-15(16)8-14/h3-4,7,14-17H,5-6,8-10H2,1-2H3. The maximum absolute atomic E-state index is 6.71. The molecule has 2 aliphatic carbocycles. The van der Waals surface area contributed by atoms with Gasteiger partial charge in [0, 0.05) is 5.38 Å². The summed E-state index contributed by atoms with van der Waals surface area (Å²) in [5, 5.41) is 0.349. The summed E-state index contributed by atoms with van der Waals surface area (Å²) in [6.07, 6.45) is 6.81. The number of rotatable bonds is 3. The highest BCUT2D eigenvalue weighted by molar-refractivity contribution is 6.21. The Balaban J connectivity index is 1.67. The van der Waals surface area contributed by atoms with Gasteiger partial charge in [-0.1, -0.05) is 24.6 Å². The maximum atomic E-state index is 6.71. The van der Waals surface area contributed by atoms with Crippen LogP contribution in [0.5, 0.6) is 0 Å². The molecule has 2 aliphatic rings. The van der Waals surface area contributed by atoms with Gasteiger partial charge in [-0.15, -0.1) is 11.6 Å². The zero-order chi connectivity index (χ0) is 12.7. The van der Waals surface area contributed by atoms with E-state index in [9.17, 15) is 0 Å². The van der Waals surface area contributed by atoms with Crippen molar-refractivity contribution in [1.29, 1.82) is 0 Å². The quantitative estimate of drug-likeness (QED) is 0.681. The van der Waals surface area contributed by atoms with Crippen molar-refractivity contribution in [3.8, 4) is 0 Å². The van der Waals surface area contributed by atoms with Crippen LogP contribution in [0.4, 0.5) is 0 Å². The number of hydrogen-bond acceptors (Lipinski definition) is 0. The fourth-order valence-electron chi connectivity index (χ4n) is 4.04. The molecule has 1 aromatic carbocycles. The minimum Gasteiger partial charge on any atom is -0.122 e. The zero-order valence-corrected chi connectivity index (χ0v) is 12.2. The van der Waals surface area contributed by atoms with E-state index in [4.69, 9.17) is 11.6 Å². The topological polar surface area (TPSA) is 0 Å². The molecule has 0 radical (unpaired) electrons. The van der Waals surface area contributed by atoms with E-state index in [1.807, 2.05) is 0 Å². The van der Waals surface area contributed by atoms with Crippen LogP contribution in [0.1, 0.15) is 42.4 Å². The van der Waals surface area contributed by atoms with Crippen LogP contribution in [-0.2, 0) is 6.42 Å². The van der Waals surface area contributed by atoms with Gasteiger partial charge < -0.3 is 0 Å². The fourth-order valence-corrected chi connectivity index (χ4v) is 4.53. The van der Waals surface area contributed by atoms with Crippen LogP contribution in [0.3, 0.4) is 0 Å². The molecule has 1 aromatic rings. The average molecular weight is 263 g/mol. The Hall–Kier alpha value is -0.490. The Morgan fingerprint density at radius 1 is 1.17 bits per heavy atom. The molecule has 0 aliphatic heterocycles. The summed E-state index contributed by atoms with van der Waals surface area (Å²) in [7, 11) is 0. The largest absolute Gasteiger partial charge is 0.122 e. The second-order valence-corrected chi connectivity index (χ2v) is 7.04. The number of alkyl halides is 1. The van der Waals surface area contributed by atoms with Gasteiger partial charge in [-0.2, -0.15) is 0 Å². The molecule has 98 valence electrons. The van der Waals surface area contributed by atoms with Crippen molar-refractivity contribution < 1.29 is 0 Å². The van der Waals surface area contributed by atoms with Crippen molar-refractivity contribution in [2.75, 3.05) is 0 Å². The minimum atomic E-state index is 0.349. The van der Waals surface area contributed by atoms with Crippen LogP contribution in [-0.4, -0.2) is 5.38 Å². The first-order chi connectivity index (χ1) is 8.63. The molecular weight excluding hydrogens is 240 g/mol. The Kier molecular flexibility index (Phi) is 3.40. The molecule has 18 heavy (non-hydrogen) atoms. The van der Waals surface area contributed by atoms with Crippen molar-refractivity contribution in [3.63, 3.8) is 0 Å². The molecule has 0 N–H and O–H groups in total. The smallest absolute Gasteiger partial charge is 0.0407 e. The molecule has 0 spiro atoms. The third-order valence-electron chi connectivity index (χ3n) is 5.26. The Morgan fingerprint density at radius 2 is 2.00 bits per heavy atom. The van der Waals surface area contributed by atoms with E-state index in [0.717, 1.165) is 24.2 Å². The van der Waals surface area contributed by atoms with Crippen LogP contribution in [0.2, 0.25) is 0 Å². The molecule has 1 heteroatoms. The first-order valence-electron chi connectivity index (χ1n) is 7.33. The summed E-state index contributed by atoms with van der Waals surface area (Å²) in [4.78, 5) is 0. The Morgan fingerprint density at radius 3 is 2.61 bits per heavy atom. The van der Waals surface area contributed by atoms with Crippen molar-refractivity contribution in [3.05, 3.63) is 34.9 Å². The SMILES string of the molecule is Cc1ccc(CC(Cl)C2CC3CCC2C3)cc1C. The van der Waals surface area contributed by atoms with Gasteiger partial charge in [-0.25, -0.2) is 0 Å². The van der Waals surface area contributed by atoms with Gasteiger partial charge >= 0.3 is 0 Å². The number of halogens is 1. The zero-order valence-electron chi connectivity index (χ0n) is 11.5. The van der Waals surface area contributed by atoms with Gasteiger partial charge in [0.2, 0.25) is 0 Å². The van der Waals surface area contributed by atoms with Gasteiger partial charge in [-0.05, 0) is 74.0 Å². The van der Waals surface area contributed by atoms with Crippen LogP contribution in [0, 0.1) is 31.6 Å². The molecular formula is C17H23Cl. The highest BCUT2D eigenvalue weighted by Gasteiger charge is 2.42. The lowest BCUT2D eigenvalue weighted by atomic mass is 9.84. The molecule has 0 aromatic heterocycles. The molecule has 4 unspecified atom stereocenters. The lowest BCUT2D eigenvalue weighted by Crippen LogP contribution is -2.23. The van der Waals surface area contributed by atoms with Gasteiger partial charge in [0.1, 0.15) is 0 Å². The van der Waals surface area contributed by atoms with Crippen LogP contribution < -0.4 is 0 Å². The summed E-state index contributed by atoms with van der Waals surface area (Å²) in [5.74, 6) is 2.72. The van der Waals surface area contributed by atoms with Crippen molar-refractivity contribution in [2.24, 2.45) is 17.8 Å². The summed E-state index contributed by atoms with van der Waals surface area (Å²) in [6.45, 7) is 4.37. The Bertz CT molecular complexity index is 437. The third kappa shape index (κ3) is 2.32. The summed E-state index contributed by atoms with van der Waals surface area (Å²) in [5.41, 5.74) is 4.19. The van der Waals surface area contributed by atoms with Crippen molar-refractivity contribution in [2.45, 2.75) is 51.3 Å². The molecule has 4 atom stereocenters. The minimum absolute atomic E-state index is 0.349. The van der Waals surface area contributed by atoms with Gasteiger partial charge in [0.15, 0.2) is 0 Å². The first kappa shape index (κ1) is 12.5. The normalized spacial score (nSPS) is 31.8. The maximum Gasteiger partial charge on any atom is 0.0407 e. The van der Waals surface area contributed by atoms with E-state index in [1.54, 1.807) is 0 Å². The molecule has 2 fully saturated rings. The van der Waals surface area contributed by atoms with Gasteiger partial charge in [0.05, 0.1) is 0 Å². The van der Waals surface area contributed by atoms with Gasteiger partial charge in [0.25, 0.3) is 0 Å². The van der Waals surface area contributed by atoms with Crippen molar-refractivity contribution in [1.82, 2.24) is 0 Å². The van der Waals surface area contributed by atoms with E-state index in [-0.39, 0.29) is 0 Å². The molecule has 0 saturated heterocycles. The summed E-state index contributed by atoms with van der Waals surface area (Å²) >= 11 is 6.71.